The molecule has 1 aromatic carbocycles. The highest BCUT2D eigenvalue weighted by molar-refractivity contribution is 7.20. The van der Waals surface area contributed by atoms with Crippen LogP contribution in [0.5, 0.6) is 0 Å². The minimum atomic E-state index is -1.15. The lowest BCUT2D eigenvalue weighted by Gasteiger charge is -2.12. The number of hydrogen-bond donors (Lipinski definition) is 2. The number of nitro groups is 1. The summed E-state index contributed by atoms with van der Waals surface area (Å²) in [5.41, 5.74) is 5.69. The van der Waals surface area contributed by atoms with Crippen molar-refractivity contribution in [2.45, 2.75) is 26.3 Å². The highest BCUT2D eigenvalue weighted by Crippen LogP contribution is 2.28. The number of rotatable bonds is 7. The number of carbonyl (C=O) groups excluding carboxylic acids is 1. The number of fused-ring (bicyclic) bond motifs is 1. The molecule has 0 unspecified atom stereocenters. The van der Waals surface area contributed by atoms with Gasteiger partial charge >= 0.3 is 5.97 Å². The second-order valence-electron chi connectivity index (χ2n) is 6.34. The molecule has 0 radical (unpaired) electrons. The number of aromatic carboxylic acids is 1. The first-order chi connectivity index (χ1) is 13.7. The van der Waals surface area contributed by atoms with E-state index in [4.69, 9.17) is 5.73 Å². The smallest absolute Gasteiger partial charge is 0.346 e. The lowest BCUT2D eigenvalue weighted by molar-refractivity contribution is -0.384. The maximum absolute atomic E-state index is 13.0. The topological polar surface area (TPSA) is 158 Å². The molecule has 0 aliphatic heterocycles. The maximum Gasteiger partial charge on any atom is 0.346 e. The van der Waals surface area contributed by atoms with Gasteiger partial charge in [0, 0.05) is 31.5 Å². The molecule has 0 aliphatic carbocycles. The highest BCUT2D eigenvalue weighted by Gasteiger charge is 2.21. The van der Waals surface area contributed by atoms with Crippen LogP contribution in [-0.4, -0.2) is 31.5 Å². The Labute approximate surface area is 167 Å². The third-order valence-corrected chi connectivity index (χ3v) is 5.59. The predicted molar refractivity (Wildman–Crippen MR) is 105 cm³/mol. The zero-order valence-electron chi connectivity index (χ0n) is 15.2. The molecule has 0 saturated carbocycles. The van der Waals surface area contributed by atoms with Crippen LogP contribution in [0.25, 0.3) is 10.2 Å². The lowest BCUT2D eigenvalue weighted by Crippen LogP contribution is -2.28. The summed E-state index contributed by atoms with van der Waals surface area (Å²) in [6.45, 7) is 1.54. The summed E-state index contributed by atoms with van der Waals surface area (Å²) in [6.07, 6.45) is 0.0800. The lowest BCUT2D eigenvalue weighted by atomic mass is 10.1. The molecule has 29 heavy (non-hydrogen) atoms. The van der Waals surface area contributed by atoms with Crippen molar-refractivity contribution < 1.29 is 19.6 Å². The predicted octanol–water partition coefficient (Wildman–Crippen LogP) is 1.84. The molecule has 2 heterocycles. The number of primary amides is 1. The van der Waals surface area contributed by atoms with E-state index < -0.39 is 22.4 Å². The molecule has 0 bridgehead atoms. The van der Waals surface area contributed by atoms with Crippen LogP contribution in [0, 0.1) is 17.0 Å². The third kappa shape index (κ3) is 3.99. The average molecular weight is 416 g/mol. The van der Waals surface area contributed by atoms with Gasteiger partial charge in [0.25, 0.3) is 11.2 Å². The van der Waals surface area contributed by atoms with Crippen LogP contribution in [-0.2, 0) is 17.8 Å². The molecule has 11 heteroatoms. The van der Waals surface area contributed by atoms with E-state index in [2.05, 4.69) is 4.98 Å². The Morgan fingerprint density at radius 1 is 1.31 bits per heavy atom. The van der Waals surface area contributed by atoms with Crippen LogP contribution in [0.15, 0.2) is 29.1 Å². The van der Waals surface area contributed by atoms with Crippen molar-refractivity contribution >= 4 is 39.1 Å². The SMILES string of the molecule is Cc1c(C(=O)O)sc2nc(Cc3ccc([N+](=O)[O-])cc3)n(CCC(N)=O)c(=O)c12. The Morgan fingerprint density at radius 2 is 1.97 bits per heavy atom. The molecule has 0 atom stereocenters. The number of nitrogens with zero attached hydrogens (tertiary/aromatic N) is 3. The summed E-state index contributed by atoms with van der Waals surface area (Å²) in [5, 5.41) is 20.3. The Kier molecular flexibility index (Phi) is 5.41. The van der Waals surface area contributed by atoms with Gasteiger partial charge in [0.15, 0.2) is 0 Å². The van der Waals surface area contributed by atoms with Gasteiger partial charge in [-0.1, -0.05) is 12.1 Å². The first-order valence-electron chi connectivity index (χ1n) is 8.46. The monoisotopic (exact) mass is 416 g/mol. The molecule has 0 spiro atoms. The maximum atomic E-state index is 13.0. The zero-order chi connectivity index (χ0) is 21.3. The second kappa shape index (κ2) is 7.80. The van der Waals surface area contributed by atoms with Crippen LogP contribution in [0.1, 0.15) is 33.0 Å². The molecular formula is C18H16N4O6S. The van der Waals surface area contributed by atoms with Gasteiger partial charge in [-0.2, -0.15) is 0 Å². The quantitative estimate of drug-likeness (QED) is 0.439. The molecule has 3 aromatic rings. The number of amides is 1. The average Bonchev–Trinajstić information content (AvgIpc) is 2.98. The highest BCUT2D eigenvalue weighted by atomic mass is 32.1. The Hall–Kier alpha value is -3.60. The number of benzene rings is 1. The van der Waals surface area contributed by atoms with Crippen LogP contribution in [0.2, 0.25) is 0 Å². The fourth-order valence-corrected chi connectivity index (χ4v) is 4.00. The van der Waals surface area contributed by atoms with Gasteiger partial charge in [0.05, 0.1) is 10.3 Å². The summed E-state index contributed by atoms with van der Waals surface area (Å²) in [5.74, 6) is -1.42. The van der Waals surface area contributed by atoms with E-state index in [9.17, 15) is 29.6 Å². The van der Waals surface area contributed by atoms with Crippen molar-refractivity contribution in [2.75, 3.05) is 0 Å². The van der Waals surface area contributed by atoms with E-state index in [-0.39, 0.29) is 40.2 Å². The number of carboxylic acid groups (broad SMARTS) is 1. The summed E-state index contributed by atoms with van der Waals surface area (Å²) < 4.78 is 1.31. The number of hydrogen-bond acceptors (Lipinski definition) is 7. The Bertz CT molecular complexity index is 1200. The molecule has 150 valence electrons. The van der Waals surface area contributed by atoms with E-state index in [1.165, 1.54) is 16.7 Å². The molecule has 2 aromatic heterocycles. The van der Waals surface area contributed by atoms with Crippen LogP contribution in [0.3, 0.4) is 0 Å². The number of thiophene rings is 1. The minimum absolute atomic E-state index is 0.00286. The number of aryl methyl sites for hydroxylation is 1. The Morgan fingerprint density at radius 3 is 2.52 bits per heavy atom. The van der Waals surface area contributed by atoms with E-state index in [0.29, 0.717) is 17.0 Å². The molecular weight excluding hydrogens is 400 g/mol. The minimum Gasteiger partial charge on any atom is -0.477 e. The van der Waals surface area contributed by atoms with Crippen molar-refractivity contribution in [2.24, 2.45) is 5.73 Å². The van der Waals surface area contributed by atoms with Crippen molar-refractivity contribution in [1.29, 1.82) is 0 Å². The fourth-order valence-electron chi connectivity index (χ4n) is 2.97. The van der Waals surface area contributed by atoms with Crippen LogP contribution in [0.4, 0.5) is 5.69 Å². The standard InChI is InChI=1S/C18H16N4O6S/c1-9-14-16(29-15(9)18(25)26)20-13(21(17(14)24)7-6-12(19)23)8-10-2-4-11(5-3-10)22(27)28/h2-5H,6-8H2,1H3,(H2,19,23)(H,25,26). The van der Waals surface area contributed by atoms with Crippen LogP contribution < -0.4 is 11.3 Å². The summed E-state index contributed by atoms with van der Waals surface area (Å²) in [6, 6.07) is 5.79. The third-order valence-electron chi connectivity index (χ3n) is 4.41. The molecule has 10 nitrogen and oxygen atoms in total. The van der Waals surface area contributed by atoms with Gasteiger partial charge in [-0.3, -0.25) is 24.3 Å². The van der Waals surface area contributed by atoms with Gasteiger partial charge in [-0.25, -0.2) is 9.78 Å². The number of carboxylic acids is 1. The van der Waals surface area contributed by atoms with Crippen LogP contribution >= 0.6 is 11.3 Å². The second-order valence-corrected chi connectivity index (χ2v) is 7.34. The van der Waals surface area contributed by atoms with Gasteiger partial charge < -0.3 is 10.8 Å². The molecule has 3 rings (SSSR count). The van der Waals surface area contributed by atoms with E-state index in [1.54, 1.807) is 19.1 Å². The molecule has 0 saturated heterocycles. The van der Waals surface area contributed by atoms with Crippen molar-refractivity contribution in [3.8, 4) is 0 Å². The number of aromatic nitrogens is 2. The first kappa shape index (κ1) is 20.1. The molecule has 0 fully saturated rings. The van der Waals surface area contributed by atoms with Gasteiger partial charge in [-0.15, -0.1) is 11.3 Å². The number of non-ortho nitro benzene ring substituents is 1. The molecule has 3 N–H and O–H groups in total. The number of carbonyl (C=O) groups is 2. The number of nitrogens with two attached hydrogens (primary N) is 1. The first-order valence-corrected chi connectivity index (χ1v) is 9.28. The normalized spacial score (nSPS) is 10.9. The number of nitro benzene ring substituents is 1. The van der Waals surface area contributed by atoms with E-state index in [0.717, 1.165) is 11.3 Å². The summed E-state index contributed by atoms with van der Waals surface area (Å²) in [4.78, 5) is 50.8. The largest absolute Gasteiger partial charge is 0.477 e. The summed E-state index contributed by atoms with van der Waals surface area (Å²) >= 11 is 0.905. The van der Waals surface area contributed by atoms with Crippen molar-refractivity contribution in [3.05, 3.63) is 66.6 Å². The van der Waals surface area contributed by atoms with Gasteiger partial charge in [0.2, 0.25) is 5.91 Å². The molecule has 1 amide bonds. The Balaban J connectivity index is 2.13. The van der Waals surface area contributed by atoms with Gasteiger partial charge in [0.1, 0.15) is 15.5 Å². The zero-order valence-corrected chi connectivity index (χ0v) is 16.1. The van der Waals surface area contributed by atoms with Crippen molar-refractivity contribution in [3.63, 3.8) is 0 Å². The molecule has 0 aliphatic rings. The van der Waals surface area contributed by atoms with E-state index >= 15 is 0 Å². The van der Waals surface area contributed by atoms with E-state index in [1.807, 2.05) is 0 Å². The van der Waals surface area contributed by atoms with Gasteiger partial charge in [-0.05, 0) is 18.1 Å². The summed E-state index contributed by atoms with van der Waals surface area (Å²) in [7, 11) is 0. The fraction of sp³-hybridized carbons (Fsp3) is 0.222. The van der Waals surface area contributed by atoms with Crippen molar-refractivity contribution in [1.82, 2.24) is 9.55 Å².